The van der Waals surface area contributed by atoms with Crippen LogP contribution in [0.5, 0.6) is 0 Å². The summed E-state index contributed by atoms with van der Waals surface area (Å²) >= 11 is 0. The van der Waals surface area contributed by atoms with E-state index in [1.54, 1.807) is 0 Å². The number of rotatable bonds is 6. The lowest BCUT2D eigenvalue weighted by Gasteiger charge is -2.00. The normalized spacial score (nSPS) is 12.3. The Balaban J connectivity index is 4.45. The first-order valence-corrected chi connectivity index (χ1v) is 3.61. The van der Waals surface area contributed by atoms with E-state index in [-0.39, 0.29) is 0 Å². The zero-order valence-corrected chi connectivity index (χ0v) is 7.21. The average molecular weight is 199 g/mol. The molecule has 0 amide bonds. The fourth-order valence-electron chi connectivity index (χ4n) is 0.607. The van der Waals surface area contributed by atoms with Gasteiger partial charge in [0.2, 0.25) is 6.04 Å². The van der Waals surface area contributed by atoms with Crippen molar-refractivity contribution in [2.24, 2.45) is 4.99 Å². The monoisotopic (exact) mass is 199 g/mol. The number of carbonyl (C=O) groups is 3. The molecule has 0 unspecified atom stereocenters. The van der Waals surface area contributed by atoms with Crippen LogP contribution in [-0.2, 0) is 14.4 Å². The Hall–Kier alpha value is -1.98. The second-order valence-electron chi connectivity index (χ2n) is 2.28. The van der Waals surface area contributed by atoms with E-state index in [1.165, 1.54) is 0 Å². The molecule has 0 aliphatic rings. The number of carboxylic acid groups (broad SMARTS) is 2. The third-order valence-corrected chi connectivity index (χ3v) is 1.22. The summed E-state index contributed by atoms with van der Waals surface area (Å²) in [5.74, 6) is -3.36. The van der Waals surface area contributed by atoms with E-state index in [1.807, 2.05) is 0 Å². The standard InChI is InChI=1S/C8H9NO5/c1-2-5(10)7(8(13)14)9-4-3-6(11)12/h2,4,7H,1,3H2,(H,11,12)(H,13,14)/b9-4+/t7-/m1/s1. The Kier molecular flexibility index (Phi) is 4.83. The van der Waals surface area contributed by atoms with Gasteiger partial charge in [-0.2, -0.15) is 0 Å². The summed E-state index contributed by atoms with van der Waals surface area (Å²) < 4.78 is 0. The van der Waals surface area contributed by atoms with Crippen LogP contribution in [0.3, 0.4) is 0 Å². The Morgan fingerprint density at radius 1 is 1.36 bits per heavy atom. The summed E-state index contributed by atoms with van der Waals surface area (Å²) in [6, 6.07) is -1.59. The molecule has 1 atom stereocenters. The van der Waals surface area contributed by atoms with Crippen LogP contribution in [0.4, 0.5) is 0 Å². The van der Waals surface area contributed by atoms with Crippen LogP contribution in [0.15, 0.2) is 17.6 Å². The van der Waals surface area contributed by atoms with Gasteiger partial charge in [-0.1, -0.05) is 6.58 Å². The molecule has 0 heterocycles. The summed E-state index contributed by atoms with van der Waals surface area (Å²) in [6.07, 6.45) is 1.29. The smallest absolute Gasteiger partial charge is 0.336 e. The summed E-state index contributed by atoms with van der Waals surface area (Å²) in [5, 5.41) is 16.7. The molecule has 2 N–H and O–H groups in total. The van der Waals surface area contributed by atoms with E-state index in [2.05, 4.69) is 11.6 Å². The maximum Gasteiger partial charge on any atom is 0.336 e. The highest BCUT2D eigenvalue weighted by atomic mass is 16.4. The van der Waals surface area contributed by atoms with Gasteiger partial charge in [0.25, 0.3) is 0 Å². The van der Waals surface area contributed by atoms with E-state index >= 15 is 0 Å². The van der Waals surface area contributed by atoms with Crippen LogP contribution < -0.4 is 0 Å². The van der Waals surface area contributed by atoms with Crippen molar-refractivity contribution >= 4 is 23.9 Å². The number of hydrogen-bond donors (Lipinski definition) is 2. The molecule has 0 fully saturated rings. The van der Waals surface area contributed by atoms with E-state index in [0.29, 0.717) is 0 Å². The van der Waals surface area contributed by atoms with Gasteiger partial charge in [0.05, 0.1) is 6.42 Å². The van der Waals surface area contributed by atoms with Crippen molar-refractivity contribution in [2.75, 3.05) is 0 Å². The lowest BCUT2D eigenvalue weighted by atomic mass is 10.2. The minimum absolute atomic E-state index is 0.422. The highest BCUT2D eigenvalue weighted by Gasteiger charge is 2.21. The first-order valence-electron chi connectivity index (χ1n) is 3.61. The van der Waals surface area contributed by atoms with Gasteiger partial charge in [0.1, 0.15) is 0 Å². The predicted octanol–water partition coefficient (Wildman–Crippen LogP) is -0.260. The van der Waals surface area contributed by atoms with Gasteiger partial charge in [-0.3, -0.25) is 14.6 Å². The fraction of sp³-hybridized carbons (Fsp3) is 0.250. The Bertz CT molecular complexity index is 294. The maximum absolute atomic E-state index is 10.9. The second kappa shape index (κ2) is 5.63. The Morgan fingerprint density at radius 3 is 2.29 bits per heavy atom. The number of carboxylic acids is 2. The van der Waals surface area contributed by atoms with E-state index in [4.69, 9.17) is 10.2 Å². The summed E-state index contributed by atoms with van der Waals surface area (Å²) in [7, 11) is 0. The number of carbonyl (C=O) groups excluding carboxylic acids is 1. The quantitative estimate of drug-likeness (QED) is 0.348. The van der Waals surface area contributed by atoms with Crippen LogP contribution in [0, 0.1) is 0 Å². The minimum Gasteiger partial charge on any atom is -0.481 e. The molecule has 0 aromatic heterocycles. The number of nitrogens with zero attached hydrogens (tertiary/aromatic N) is 1. The predicted molar refractivity (Wildman–Crippen MR) is 47.4 cm³/mol. The van der Waals surface area contributed by atoms with E-state index < -0.39 is 30.2 Å². The van der Waals surface area contributed by atoms with Crippen molar-refractivity contribution < 1.29 is 24.6 Å². The molecule has 0 bridgehead atoms. The third-order valence-electron chi connectivity index (χ3n) is 1.22. The van der Waals surface area contributed by atoms with Crippen molar-refractivity contribution in [3.05, 3.63) is 12.7 Å². The molecule has 6 heteroatoms. The van der Waals surface area contributed by atoms with Gasteiger partial charge in [0, 0.05) is 6.21 Å². The summed E-state index contributed by atoms with van der Waals surface area (Å²) in [5.41, 5.74) is 0. The number of ketones is 1. The number of aliphatic carboxylic acids is 2. The molecule has 0 aromatic rings. The lowest BCUT2D eigenvalue weighted by molar-refractivity contribution is -0.141. The van der Waals surface area contributed by atoms with Crippen molar-refractivity contribution in [1.29, 1.82) is 0 Å². The molecule has 0 saturated heterocycles. The molecular weight excluding hydrogens is 190 g/mol. The molecule has 6 nitrogen and oxygen atoms in total. The van der Waals surface area contributed by atoms with E-state index in [9.17, 15) is 14.4 Å². The van der Waals surface area contributed by atoms with Crippen molar-refractivity contribution in [2.45, 2.75) is 12.5 Å². The van der Waals surface area contributed by atoms with Gasteiger partial charge in [-0.25, -0.2) is 4.79 Å². The van der Waals surface area contributed by atoms with Crippen LogP contribution >= 0.6 is 0 Å². The van der Waals surface area contributed by atoms with Gasteiger partial charge in [-0.15, -0.1) is 0 Å². The Labute approximate surface area is 79.6 Å². The lowest BCUT2D eigenvalue weighted by Crippen LogP contribution is -2.26. The maximum atomic E-state index is 10.9. The molecule has 0 saturated carbocycles. The number of hydrogen-bond acceptors (Lipinski definition) is 4. The zero-order valence-electron chi connectivity index (χ0n) is 7.21. The highest BCUT2D eigenvalue weighted by Crippen LogP contribution is 1.94. The highest BCUT2D eigenvalue weighted by molar-refractivity contribution is 6.08. The van der Waals surface area contributed by atoms with Crippen LogP contribution in [0.25, 0.3) is 0 Å². The first-order chi connectivity index (χ1) is 6.49. The van der Waals surface area contributed by atoms with Crippen LogP contribution in [-0.4, -0.2) is 40.2 Å². The van der Waals surface area contributed by atoms with Gasteiger partial charge < -0.3 is 10.2 Å². The van der Waals surface area contributed by atoms with Gasteiger partial charge in [0.15, 0.2) is 5.78 Å². The molecule has 0 spiro atoms. The van der Waals surface area contributed by atoms with Crippen LogP contribution in [0.1, 0.15) is 6.42 Å². The molecular formula is C8H9NO5. The topological polar surface area (TPSA) is 104 Å². The van der Waals surface area contributed by atoms with Crippen LogP contribution in [0.2, 0.25) is 0 Å². The van der Waals surface area contributed by atoms with Gasteiger partial charge in [-0.05, 0) is 6.08 Å². The fourth-order valence-corrected chi connectivity index (χ4v) is 0.607. The summed E-state index contributed by atoms with van der Waals surface area (Å²) in [6.45, 7) is 3.10. The molecule has 0 aromatic carbocycles. The van der Waals surface area contributed by atoms with Crippen molar-refractivity contribution in [3.63, 3.8) is 0 Å². The molecule has 0 aliphatic carbocycles. The zero-order chi connectivity index (χ0) is 11.1. The number of aliphatic imine (C=N–C) groups is 1. The Morgan fingerprint density at radius 2 is 1.93 bits per heavy atom. The molecule has 0 rings (SSSR count). The van der Waals surface area contributed by atoms with Crippen molar-refractivity contribution in [1.82, 2.24) is 0 Å². The second-order valence-corrected chi connectivity index (χ2v) is 2.28. The first kappa shape index (κ1) is 12.0. The molecule has 0 radical (unpaired) electrons. The van der Waals surface area contributed by atoms with E-state index in [0.717, 1.165) is 12.3 Å². The molecule has 14 heavy (non-hydrogen) atoms. The molecule has 76 valence electrons. The molecule has 0 aliphatic heterocycles. The minimum atomic E-state index is -1.59. The summed E-state index contributed by atoms with van der Waals surface area (Å²) in [4.78, 5) is 34.7. The van der Waals surface area contributed by atoms with Crippen molar-refractivity contribution in [3.8, 4) is 0 Å². The van der Waals surface area contributed by atoms with Gasteiger partial charge >= 0.3 is 11.9 Å². The largest absolute Gasteiger partial charge is 0.481 e. The third kappa shape index (κ3) is 4.15. The average Bonchev–Trinajstić information content (AvgIpc) is 2.10. The SMILES string of the molecule is C=CC(=O)[C@@H](/N=C/CC(=O)O)C(=O)O.